The van der Waals surface area contributed by atoms with E-state index in [4.69, 9.17) is 0 Å². The van der Waals surface area contributed by atoms with Gasteiger partial charge in [0.15, 0.2) is 5.16 Å². The Hall–Kier alpha value is -3.56. The van der Waals surface area contributed by atoms with Gasteiger partial charge in [0.1, 0.15) is 18.3 Å². The van der Waals surface area contributed by atoms with E-state index in [9.17, 15) is 10.1 Å². The summed E-state index contributed by atoms with van der Waals surface area (Å²) in [4.78, 5) is 19.9. The zero-order chi connectivity index (χ0) is 19.8. The smallest absolute Gasteiger partial charge is 0.274 e. The maximum atomic E-state index is 13.1. The molecular formula is C23H16N4OS. The lowest BCUT2D eigenvalue weighted by molar-refractivity contribution is 0.560. The molecular weight excluding hydrogens is 380 g/mol. The fourth-order valence-corrected chi connectivity index (χ4v) is 4.51. The number of aromatic nitrogens is 2. The molecule has 5 rings (SSSR count). The molecule has 3 aromatic carbocycles. The Balaban J connectivity index is 1.57. The van der Waals surface area contributed by atoms with Crippen molar-refractivity contribution in [2.75, 3.05) is 10.8 Å². The van der Waals surface area contributed by atoms with Crippen molar-refractivity contribution in [1.29, 1.82) is 5.26 Å². The van der Waals surface area contributed by atoms with E-state index in [-0.39, 0.29) is 11.1 Å². The molecule has 0 bridgehead atoms. The summed E-state index contributed by atoms with van der Waals surface area (Å²) in [5.74, 6) is 0.685. The van der Waals surface area contributed by atoms with E-state index in [0.29, 0.717) is 23.4 Å². The molecule has 4 aromatic rings. The van der Waals surface area contributed by atoms with Gasteiger partial charge in [-0.25, -0.2) is 4.98 Å². The number of fused-ring (bicyclic) bond motifs is 2. The number of benzene rings is 3. The maximum absolute atomic E-state index is 13.1. The second-order valence-electron chi connectivity index (χ2n) is 6.82. The van der Waals surface area contributed by atoms with Crippen LogP contribution in [0.5, 0.6) is 0 Å². The van der Waals surface area contributed by atoms with Crippen molar-refractivity contribution in [3.63, 3.8) is 0 Å². The minimum atomic E-state index is -0.297. The average molecular weight is 396 g/mol. The highest BCUT2D eigenvalue weighted by Crippen LogP contribution is 2.31. The molecule has 0 saturated heterocycles. The van der Waals surface area contributed by atoms with Gasteiger partial charge in [0.25, 0.3) is 5.56 Å². The second kappa shape index (κ2) is 7.12. The van der Waals surface area contributed by atoms with E-state index in [1.54, 1.807) is 4.57 Å². The van der Waals surface area contributed by atoms with E-state index < -0.39 is 0 Å². The zero-order valence-electron chi connectivity index (χ0n) is 15.4. The summed E-state index contributed by atoms with van der Waals surface area (Å²) in [5, 5.41) is 12.6. The highest BCUT2D eigenvalue weighted by molar-refractivity contribution is 7.99. The number of anilines is 1. The van der Waals surface area contributed by atoms with Gasteiger partial charge in [-0.2, -0.15) is 5.26 Å². The molecule has 2 heterocycles. The largest absolute Gasteiger partial charge is 0.343 e. The molecule has 140 valence electrons. The first-order valence-electron chi connectivity index (χ1n) is 9.21. The molecule has 1 aliphatic heterocycles. The monoisotopic (exact) mass is 396 g/mol. The van der Waals surface area contributed by atoms with Crippen LogP contribution in [0.15, 0.2) is 82.7 Å². The number of nitriles is 1. The van der Waals surface area contributed by atoms with E-state index in [0.717, 1.165) is 16.6 Å². The first-order valence-corrected chi connectivity index (χ1v) is 10.2. The Morgan fingerprint density at radius 2 is 1.72 bits per heavy atom. The Bertz CT molecular complexity index is 1320. The SMILES string of the molecule is N#Cc1c(-c2ccccc2)nc2n(c1=O)CN(c1ccc3ccccc3c1)CS2. The molecule has 0 aliphatic carbocycles. The standard InChI is InChI=1S/C23H16N4OS/c24-13-20-21(17-7-2-1-3-8-17)25-23-27(22(20)28)14-26(15-29-23)19-11-10-16-6-4-5-9-18(16)12-19/h1-12H,14-15H2. The quantitative estimate of drug-likeness (QED) is 0.468. The van der Waals surface area contributed by atoms with Gasteiger partial charge in [0.05, 0.1) is 11.6 Å². The van der Waals surface area contributed by atoms with Gasteiger partial charge in [-0.1, -0.05) is 72.4 Å². The van der Waals surface area contributed by atoms with Crippen LogP contribution in [-0.4, -0.2) is 15.4 Å². The molecule has 0 spiro atoms. The zero-order valence-corrected chi connectivity index (χ0v) is 16.3. The normalized spacial score (nSPS) is 13.1. The van der Waals surface area contributed by atoms with Crippen LogP contribution in [0, 0.1) is 11.3 Å². The molecule has 0 unspecified atom stereocenters. The van der Waals surface area contributed by atoms with Crippen LogP contribution in [0.4, 0.5) is 5.69 Å². The van der Waals surface area contributed by atoms with Gasteiger partial charge in [-0.05, 0) is 22.9 Å². The molecule has 1 aromatic heterocycles. The predicted octanol–water partition coefficient (Wildman–Crippen LogP) is 4.46. The van der Waals surface area contributed by atoms with Crippen molar-refractivity contribution in [2.45, 2.75) is 11.8 Å². The van der Waals surface area contributed by atoms with Gasteiger partial charge in [-0.15, -0.1) is 0 Å². The van der Waals surface area contributed by atoms with Gasteiger partial charge >= 0.3 is 0 Å². The second-order valence-corrected chi connectivity index (χ2v) is 7.73. The molecule has 0 saturated carbocycles. The summed E-state index contributed by atoms with van der Waals surface area (Å²) in [6, 6.07) is 25.9. The lowest BCUT2D eigenvalue weighted by Crippen LogP contribution is -2.38. The van der Waals surface area contributed by atoms with Crippen molar-refractivity contribution >= 4 is 28.2 Å². The van der Waals surface area contributed by atoms with Crippen molar-refractivity contribution in [2.24, 2.45) is 0 Å². The third-order valence-corrected chi connectivity index (χ3v) is 6.06. The first-order chi connectivity index (χ1) is 14.2. The van der Waals surface area contributed by atoms with Crippen LogP contribution in [0.25, 0.3) is 22.0 Å². The fraction of sp³-hybridized carbons (Fsp3) is 0.0870. The number of hydrogen-bond donors (Lipinski definition) is 0. The number of thioether (sulfide) groups is 1. The molecule has 1 aliphatic rings. The summed E-state index contributed by atoms with van der Waals surface area (Å²) in [7, 11) is 0. The van der Waals surface area contributed by atoms with Crippen LogP contribution < -0.4 is 10.5 Å². The fourth-order valence-electron chi connectivity index (χ4n) is 3.55. The van der Waals surface area contributed by atoms with E-state index in [1.807, 2.05) is 42.5 Å². The summed E-state index contributed by atoms with van der Waals surface area (Å²) >= 11 is 1.51. The van der Waals surface area contributed by atoms with Crippen LogP contribution in [-0.2, 0) is 6.67 Å². The van der Waals surface area contributed by atoms with Crippen LogP contribution in [0.3, 0.4) is 0 Å². The predicted molar refractivity (Wildman–Crippen MR) is 116 cm³/mol. The first kappa shape index (κ1) is 17.5. The molecule has 5 nitrogen and oxygen atoms in total. The Morgan fingerprint density at radius 1 is 0.966 bits per heavy atom. The van der Waals surface area contributed by atoms with Crippen LogP contribution >= 0.6 is 11.8 Å². The van der Waals surface area contributed by atoms with Crippen molar-refractivity contribution in [3.05, 3.63) is 88.7 Å². The summed E-state index contributed by atoms with van der Waals surface area (Å²) < 4.78 is 1.59. The van der Waals surface area contributed by atoms with Crippen molar-refractivity contribution < 1.29 is 0 Å². The highest BCUT2D eigenvalue weighted by atomic mass is 32.2. The summed E-state index contributed by atoms with van der Waals surface area (Å²) in [6.07, 6.45) is 0. The molecule has 0 atom stereocenters. The van der Waals surface area contributed by atoms with Gasteiger partial charge in [-0.3, -0.25) is 9.36 Å². The topological polar surface area (TPSA) is 61.9 Å². The molecule has 0 radical (unpaired) electrons. The minimum absolute atomic E-state index is 0.0842. The van der Waals surface area contributed by atoms with Crippen molar-refractivity contribution in [1.82, 2.24) is 9.55 Å². The minimum Gasteiger partial charge on any atom is -0.343 e. The number of hydrogen-bond acceptors (Lipinski definition) is 5. The average Bonchev–Trinajstić information content (AvgIpc) is 2.79. The molecule has 6 heteroatoms. The lowest BCUT2D eigenvalue weighted by atomic mass is 10.1. The molecule has 0 N–H and O–H groups in total. The van der Waals surface area contributed by atoms with E-state index >= 15 is 0 Å². The summed E-state index contributed by atoms with van der Waals surface area (Å²) in [6.45, 7) is 0.371. The van der Waals surface area contributed by atoms with Crippen LogP contribution in [0.2, 0.25) is 0 Å². The van der Waals surface area contributed by atoms with Gasteiger partial charge in [0, 0.05) is 11.3 Å². The van der Waals surface area contributed by atoms with E-state index in [2.05, 4.69) is 46.3 Å². The maximum Gasteiger partial charge on any atom is 0.274 e. The molecule has 0 fully saturated rings. The molecule has 29 heavy (non-hydrogen) atoms. The Labute approximate surface area is 171 Å². The van der Waals surface area contributed by atoms with Gasteiger partial charge < -0.3 is 4.90 Å². The third-order valence-electron chi connectivity index (χ3n) is 5.05. The number of rotatable bonds is 2. The lowest BCUT2D eigenvalue weighted by Gasteiger charge is -2.31. The highest BCUT2D eigenvalue weighted by Gasteiger charge is 2.24. The number of nitrogens with zero attached hydrogens (tertiary/aromatic N) is 4. The molecule has 0 amide bonds. The summed E-state index contributed by atoms with van der Waals surface area (Å²) in [5.41, 5.74) is 2.06. The van der Waals surface area contributed by atoms with E-state index in [1.165, 1.54) is 17.1 Å². The Morgan fingerprint density at radius 3 is 2.52 bits per heavy atom. The Kier molecular flexibility index (Phi) is 4.30. The van der Waals surface area contributed by atoms with Crippen molar-refractivity contribution in [3.8, 4) is 17.3 Å². The van der Waals surface area contributed by atoms with Crippen LogP contribution in [0.1, 0.15) is 5.56 Å². The third kappa shape index (κ3) is 3.06. The van der Waals surface area contributed by atoms with Gasteiger partial charge in [0.2, 0.25) is 0 Å².